The Morgan fingerprint density at radius 3 is 2.43 bits per heavy atom. The minimum absolute atomic E-state index is 0.949. The molecule has 0 bridgehead atoms. The monoisotopic (exact) mass is 99.1 g/mol. The summed E-state index contributed by atoms with van der Waals surface area (Å²) in [6.07, 6.45) is 1.40. The molecule has 0 unspecified atom stereocenters. The van der Waals surface area contributed by atoms with Crippen molar-refractivity contribution in [2.75, 3.05) is 20.1 Å². The number of nitrogens with zero attached hydrogens (tertiary/aromatic N) is 1. The molecule has 0 amide bonds. The Bertz CT molecular complexity index is 53.2. The van der Waals surface area contributed by atoms with Crippen molar-refractivity contribution in [2.24, 2.45) is 5.92 Å². The molecule has 1 rings (SSSR count). The van der Waals surface area contributed by atoms with Crippen molar-refractivity contribution in [2.45, 2.75) is 13.3 Å². The Morgan fingerprint density at radius 2 is 2.29 bits per heavy atom. The highest BCUT2D eigenvalue weighted by molar-refractivity contribution is 4.67. The Labute approximate surface area is 45.3 Å². The van der Waals surface area contributed by atoms with Crippen LogP contribution in [0.25, 0.3) is 0 Å². The van der Waals surface area contributed by atoms with Crippen molar-refractivity contribution in [3.63, 3.8) is 0 Å². The lowest BCUT2D eigenvalue weighted by Crippen LogP contribution is -2.12. The number of likely N-dealkylation sites (tertiary alicyclic amines) is 1. The fraction of sp³-hybridized carbons (Fsp3) is 1.00. The van der Waals surface area contributed by atoms with Gasteiger partial charge in [0.1, 0.15) is 0 Å². The van der Waals surface area contributed by atoms with E-state index < -0.39 is 0 Å². The summed E-state index contributed by atoms with van der Waals surface area (Å²) in [7, 11) is 2.18. The van der Waals surface area contributed by atoms with Gasteiger partial charge in [-0.05, 0) is 25.9 Å². The SMILES string of the molecule is C[C@@H]1CCN(C)C1. The third kappa shape index (κ3) is 1.16. The van der Waals surface area contributed by atoms with E-state index in [-0.39, 0.29) is 0 Å². The van der Waals surface area contributed by atoms with Gasteiger partial charge < -0.3 is 4.90 Å². The lowest BCUT2D eigenvalue weighted by molar-refractivity contribution is 0.402. The smallest absolute Gasteiger partial charge is 0.000445 e. The molecule has 7 heavy (non-hydrogen) atoms. The maximum atomic E-state index is 2.38. The van der Waals surface area contributed by atoms with Crippen LogP contribution >= 0.6 is 0 Å². The third-order valence-corrected chi connectivity index (χ3v) is 1.63. The predicted molar refractivity (Wildman–Crippen MR) is 31.3 cm³/mol. The zero-order valence-corrected chi connectivity index (χ0v) is 5.15. The van der Waals surface area contributed by atoms with Gasteiger partial charge in [0.25, 0.3) is 0 Å². The van der Waals surface area contributed by atoms with Crippen LogP contribution in [0.2, 0.25) is 0 Å². The van der Waals surface area contributed by atoms with E-state index in [0.29, 0.717) is 0 Å². The summed E-state index contributed by atoms with van der Waals surface area (Å²) in [6, 6.07) is 0. The molecule has 1 aliphatic heterocycles. The molecule has 1 heterocycles. The van der Waals surface area contributed by atoms with Crippen molar-refractivity contribution in [3.8, 4) is 0 Å². The van der Waals surface area contributed by atoms with Gasteiger partial charge in [0.2, 0.25) is 0 Å². The number of hydrogen-bond donors (Lipinski definition) is 0. The summed E-state index contributed by atoms with van der Waals surface area (Å²) in [4.78, 5) is 2.38. The maximum absolute atomic E-state index is 2.38. The van der Waals surface area contributed by atoms with Crippen LogP contribution in [0.4, 0.5) is 0 Å². The van der Waals surface area contributed by atoms with Gasteiger partial charge in [-0.2, -0.15) is 0 Å². The standard InChI is InChI=1S/C6H13N/c1-6-3-4-7(2)5-6/h6H,3-5H2,1-2H3/t6-/m1/s1. The molecule has 1 fully saturated rings. The van der Waals surface area contributed by atoms with Gasteiger partial charge in [0, 0.05) is 6.54 Å². The first-order valence-electron chi connectivity index (χ1n) is 2.97. The van der Waals surface area contributed by atoms with Gasteiger partial charge in [0.05, 0.1) is 0 Å². The van der Waals surface area contributed by atoms with Gasteiger partial charge >= 0.3 is 0 Å². The van der Waals surface area contributed by atoms with Crippen LogP contribution in [0.3, 0.4) is 0 Å². The summed E-state index contributed by atoms with van der Waals surface area (Å²) in [5.74, 6) is 0.949. The third-order valence-electron chi connectivity index (χ3n) is 1.63. The Balaban J connectivity index is 2.26. The molecule has 1 aliphatic rings. The van der Waals surface area contributed by atoms with E-state index in [2.05, 4.69) is 18.9 Å². The fourth-order valence-corrected chi connectivity index (χ4v) is 1.16. The molecule has 1 nitrogen and oxygen atoms in total. The normalized spacial score (nSPS) is 34.3. The van der Waals surface area contributed by atoms with Crippen molar-refractivity contribution >= 4 is 0 Å². The van der Waals surface area contributed by atoms with E-state index in [1.807, 2.05) is 0 Å². The number of hydrogen-bond acceptors (Lipinski definition) is 1. The highest BCUT2D eigenvalue weighted by Gasteiger charge is 2.13. The van der Waals surface area contributed by atoms with Crippen LogP contribution in [-0.2, 0) is 0 Å². The Kier molecular flexibility index (Phi) is 1.33. The minimum atomic E-state index is 0.949. The largest absolute Gasteiger partial charge is 0.306 e. The summed E-state index contributed by atoms with van der Waals surface area (Å²) in [5, 5.41) is 0. The average Bonchev–Trinajstić information content (AvgIpc) is 1.87. The molecule has 1 saturated heterocycles. The van der Waals surface area contributed by atoms with Gasteiger partial charge in [0.15, 0.2) is 0 Å². The molecule has 1 atom stereocenters. The second kappa shape index (κ2) is 1.83. The van der Waals surface area contributed by atoms with Crippen LogP contribution in [0, 0.1) is 5.92 Å². The van der Waals surface area contributed by atoms with Crippen molar-refractivity contribution in [3.05, 3.63) is 0 Å². The molecular formula is C6H13N. The van der Waals surface area contributed by atoms with Crippen LogP contribution in [0.5, 0.6) is 0 Å². The highest BCUT2D eigenvalue weighted by atomic mass is 15.1. The number of rotatable bonds is 0. The molecule has 0 aromatic rings. The molecule has 0 aromatic heterocycles. The van der Waals surface area contributed by atoms with E-state index >= 15 is 0 Å². The molecule has 0 spiro atoms. The summed E-state index contributed by atoms with van der Waals surface area (Å²) in [5.41, 5.74) is 0. The summed E-state index contributed by atoms with van der Waals surface area (Å²) in [6.45, 7) is 4.92. The second-order valence-electron chi connectivity index (χ2n) is 2.66. The molecule has 0 aliphatic carbocycles. The van der Waals surface area contributed by atoms with Gasteiger partial charge in [-0.15, -0.1) is 0 Å². The predicted octanol–water partition coefficient (Wildman–Crippen LogP) is 0.958. The lowest BCUT2D eigenvalue weighted by atomic mass is 10.2. The summed E-state index contributed by atoms with van der Waals surface area (Å²) < 4.78 is 0. The molecule has 0 aromatic carbocycles. The molecule has 0 radical (unpaired) electrons. The zero-order chi connectivity index (χ0) is 5.28. The van der Waals surface area contributed by atoms with E-state index in [0.717, 1.165) is 5.92 Å². The second-order valence-corrected chi connectivity index (χ2v) is 2.66. The van der Waals surface area contributed by atoms with Crippen molar-refractivity contribution in [1.82, 2.24) is 4.90 Å². The van der Waals surface area contributed by atoms with E-state index in [1.165, 1.54) is 19.5 Å². The lowest BCUT2D eigenvalue weighted by Gasteiger charge is -2.03. The Morgan fingerprint density at radius 1 is 1.57 bits per heavy atom. The van der Waals surface area contributed by atoms with Crippen molar-refractivity contribution < 1.29 is 0 Å². The molecule has 42 valence electrons. The van der Waals surface area contributed by atoms with E-state index in [4.69, 9.17) is 0 Å². The topological polar surface area (TPSA) is 3.24 Å². The molecule has 0 saturated carbocycles. The summed E-state index contributed by atoms with van der Waals surface area (Å²) >= 11 is 0. The highest BCUT2D eigenvalue weighted by Crippen LogP contribution is 2.11. The van der Waals surface area contributed by atoms with Crippen LogP contribution in [0.15, 0.2) is 0 Å². The first-order chi connectivity index (χ1) is 3.29. The fourth-order valence-electron chi connectivity index (χ4n) is 1.16. The Hall–Kier alpha value is -0.0400. The van der Waals surface area contributed by atoms with Crippen LogP contribution in [0.1, 0.15) is 13.3 Å². The zero-order valence-electron chi connectivity index (χ0n) is 5.15. The first kappa shape index (κ1) is 5.10. The van der Waals surface area contributed by atoms with E-state index in [9.17, 15) is 0 Å². The van der Waals surface area contributed by atoms with Crippen LogP contribution < -0.4 is 0 Å². The van der Waals surface area contributed by atoms with Crippen molar-refractivity contribution in [1.29, 1.82) is 0 Å². The van der Waals surface area contributed by atoms with Gasteiger partial charge in [-0.3, -0.25) is 0 Å². The van der Waals surface area contributed by atoms with Gasteiger partial charge in [-0.25, -0.2) is 0 Å². The minimum Gasteiger partial charge on any atom is -0.306 e. The first-order valence-corrected chi connectivity index (χ1v) is 2.97. The quantitative estimate of drug-likeness (QED) is 0.437. The van der Waals surface area contributed by atoms with E-state index in [1.54, 1.807) is 0 Å². The van der Waals surface area contributed by atoms with Gasteiger partial charge in [-0.1, -0.05) is 6.92 Å². The molecular weight excluding hydrogens is 86.1 g/mol. The molecule has 0 N–H and O–H groups in total. The van der Waals surface area contributed by atoms with Crippen LogP contribution in [-0.4, -0.2) is 25.0 Å². The molecule has 1 heteroatoms. The average molecular weight is 99.2 g/mol. The maximum Gasteiger partial charge on any atom is 0.000445 e.